The van der Waals surface area contributed by atoms with Crippen molar-refractivity contribution in [1.29, 1.82) is 0 Å². The van der Waals surface area contributed by atoms with E-state index >= 15 is 0 Å². The second kappa shape index (κ2) is 58.2. The maximum Gasteiger partial charge on any atom is 0 e. The Morgan fingerprint density at radius 2 is 0.125 bits per heavy atom. The predicted octanol–water partition coefficient (Wildman–Crippen LogP) is -0.0200. The van der Waals surface area contributed by atoms with Crippen LogP contribution in [0.4, 0.5) is 0 Å². The SMILES string of the molecule is [Zn].[Zn].[Zn].[Zn].[Zn].[Zn].[Zn].[Zn]. The average Bonchev–Trinajstić information content (AvgIpc) is 0. The average molecular weight is 523 g/mol. The minimum atomic E-state index is 0. The van der Waals surface area contributed by atoms with E-state index in [9.17, 15) is 0 Å². The summed E-state index contributed by atoms with van der Waals surface area (Å²) in [4.78, 5) is 0. The molecule has 0 aliphatic carbocycles. The molecule has 0 saturated heterocycles. The molecule has 0 spiro atoms. The van der Waals surface area contributed by atoms with Crippen LogP contribution >= 0.6 is 0 Å². The number of hydrogen-bond acceptors (Lipinski definition) is 0. The van der Waals surface area contributed by atoms with Gasteiger partial charge in [-0.15, -0.1) is 0 Å². The Morgan fingerprint density at radius 1 is 0.125 bits per heavy atom. The first-order valence-corrected chi connectivity index (χ1v) is 0. The van der Waals surface area contributed by atoms with E-state index in [-0.39, 0.29) is 156 Å². The summed E-state index contributed by atoms with van der Waals surface area (Å²) in [5.74, 6) is 0. The van der Waals surface area contributed by atoms with E-state index in [4.69, 9.17) is 0 Å². The molecule has 8 heteroatoms. The van der Waals surface area contributed by atoms with Gasteiger partial charge in [0, 0.05) is 156 Å². The van der Waals surface area contributed by atoms with E-state index in [1.54, 1.807) is 0 Å². The van der Waals surface area contributed by atoms with Crippen molar-refractivity contribution in [1.82, 2.24) is 0 Å². The van der Waals surface area contributed by atoms with E-state index < -0.39 is 0 Å². The Kier molecular flexibility index (Phi) is 546. The Balaban J connectivity index is 0. The van der Waals surface area contributed by atoms with Crippen LogP contribution in [0.15, 0.2) is 0 Å². The Bertz CT molecular complexity index is 0. The minimum absolute atomic E-state index is 0. The van der Waals surface area contributed by atoms with Crippen LogP contribution in [-0.2, 0) is 156 Å². The molecule has 0 heterocycles. The fourth-order valence-electron chi connectivity index (χ4n) is 0. The molecule has 0 N–H and O–H groups in total. The van der Waals surface area contributed by atoms with Gasteiger partial charge in [0.05, 0.1) is 0 Å². The zero-order valence-corrected chi connectivity index (χ0v) is 29.4. The van der Waals surface area contributed by atoms with Gasteiger partial charge in [-0.2, -0.15) is 0 Å². The molecule has 0 atom stereocenters. The van der Waals surface area contributed by atoms with Crippen LogP contribution in [0.2, 0.25) is 0 Å². The van der Waals surface area contributed by atoms with Crippen LogP contribution in [0.25, 0.3) is 0 Å². The van der Waals surface area contributed by atoms with E-state index in [1.165, 1.54) is 0 Å². The summed E-state index contributed by atoms with van der Waals surface area (Å²) in [5, 5.41) is 0. The molecule has 0 aliphatic rings. The molecular weight excluding hydrogens is 523 g/mol. The van der Waals surface area contributed by atoms with Crippen molar-refractivity contribution < 1.29 is 156 Å². The van der Waals surface area contributed by atoms with Gasteiger partial charge in [0.1, 0.15) is 0 Å². The molecule has 0 nitrogen and oxygen atoms in total. The molecule has 0 radical (unpaired) electrons. The first-order chi connectivity index (χ1) is 0. The number of hydrogen-bond donors (Lipinski definition) is 0. The predicted molar refractivity (Wildman–Crippen MR) is 0 cm³/mol. The third kappa shape index (κ3) is 44.1. The zero-order valence-electron chi connectivity index (χ0n) is 5.66. The minimum Gasteiger partial charge on any atom is 0 e. The second-order valence-corrected chi connectivity index (χ2v) is 0. The van der Waals surface area contributed by atoms with Gasteiger partial charge in [0.2, 0.25) is 0 Å². The van der Waals surface area contributed by atoms with E-state index in [2.05, 4.69) is 0 Å². The normalized spacial score (nSPS) is 0. The summed E-state index contributed by atoms with van der Waals surface area (Å²) in [6, 6.07) is 0. The number of rotatable bonds is 0. The molecule has 0 fully saturated rings. The molecular formula is Zn8. The first-order valence-electron chi connectivity index (χ1n) is 0. The molecule has 0 saturated carbocycles. The van der Waals surface area contributed by atoms with Crippen molar-refractivity contribution in [3.8, 4) is 0 Å². The summed E-state index contributed by atoms with van der Waals surface area (Å²) in [6.07, 6.45) is 0. The molecule has 0 aromatic rings. The van der Waals surface area contributed by atoms with Crippen molar-refractivity contribution >= 4 is 0 Å². The van der Waals surface area contributed by atoms with Gasteiger partial charge >= 0.3 is 0 Å². The Hall–Kier alpha value is 4.99. The van der Waals surface area contributed by atoms with Gasteiger partial charge in [0.15, 0.2) is 0 Å². The molecule has 0 rings (SSSR count). The molecule has 0 bridgehead atoms. The standard InChI is InChI=1S/8Zn. The van der Waals surface area contributed by atoms with E-state index in [0.29, 0.717) is 0 Å². The van der Waals surface area contributed by atoms with Crippen molar-refractivity contribution in [2.24, 2.45) is 0 Å². The maximum absolute atomic E-state index is 0. The summed E-state index contributed by atoms with van der Waals surface area (Å²) in [6.45, 7) is 0. The third-order valence-electron chi connectivity index (χ3n) is 0. The van der Waals surface area contributed by atoms with Crippen LogP contribution in [-0.4, -0.2) is 0 Å². The van der Waals surface area contributed by atoms with E-state index in [1.807, 2.05) is 0 Å². The molecule has 8 heavy (non-hydrogen) atoms. The first kappa shape index (κ1) is 75.0. The smallest absolute Gasteiger partial charge is 0 e. The molecule has 0 aromatic carbocycles. The summed E-state index contributed by atoms with van der Waals surface area (Å²) < 4.78 is 0. The quantitative estimate of drug-likeness (QED) is 0.392. The van der Waals surface area contributed by atoms with E-state index in [0.717, 1.165) is 0 Å². The molecule has 0 amide bonds. The summed E-state index contributed by atoms with van der Waals surface area (Å²) in [5.41, 5.74) is 0. The monoisotopic (exact) mass is 511 g/mol. The van der Waals surface area contributed by atoms with Gasteiger partial charge in [0.25, 0.3) is 0 Å². The van der Waals surface area contributed by atoms with Gasteiger partial charge < -0.3 is 0 Å². The fourth-order valence-corrected chi connectivity index (χ4v) is 0. The topological polar surface area (TPSA) is 0 Å². The second-order valence-electron chi connectivity index (χ2n) is 0. The van der Waals surface area contributed by atoms with Crippen LogP contribution in [0.1, 0.15) is 0 Å². The van der Waals surface area contributed by atoms with Gasteiger partial charge in [-0.05, 0) is 0 Å². The summed E-state index contributed by atoms with van der Waals surface area (Å²) >= 11 is 0. The van der Waals surface area contributed by atoms with Crippen LogP contribution in [0.5, 0.6) is 0 Å². The van der Waals surface area contributed by atoms with Gasteiger partial charge in [-0.3, -0.25) is 0 Å². The van der Waals surface area contributed by atoms with Crippen LogP contribution in [0.3, 0.4) is 0 Å². The van der Waals surface area contributed by atoms with Crippen LogP contribution < -0.4 is 0 Å². The third-order valence-corrected chi connectivity index (χ3v) is 0. The Labute approximate surface area is 152 Å². The largest absolute Gasteiger partial charge is 0 e. The summed E-state index contributed by atoms with van der Waals surface area (Å²) in [7, 11) is 0. The molecule has 0 aliphatic heterocycles. The zero-order chi connectivity index (χ0) is 0. The molecule has 16 valence electrons. The van der Waals surface area contributed by atoms with Crippen molar-refractivity contribution in [3.05, 3.63) is 0 Å². The Morgan fingerprint density at radius 3 is 0.125 bits per heavy atom. The molecule has 0 unspecified atom stereocenters. The van der Waals surface area contributed by atoms with Crippen molar-refractivity contribution in [2.45, 2.75) is 0 Å². The van der Waals surface area contributed by atoms with Crippen molar-refractivity contribution in [2.75, 3.05) is 0 Å². The van der Waals surface area contributed by atoms with Gasteiger partial charge in [-0.1, -0.05) is 0 Å². The van der Waals surface area contributed by atoms with Gasteiger partial charge in [-0.25, -0.2) is 0 Å². The van der Waals surface area contributed by atoms with Crippen LogP contribution in [0, 0.1) is 0 Å². The van der Waals surface area contributed by atoms with Crippen molar-refractivity contribution in [3.63, 3.8) is 0 Å². The molecule has 0 aromatic heterocycles. The fraction of sp³-hybridized carbons (Fsp3) is 0. The maximum atomic E-state index is 0.